The van der Waals surface area contributed by atoms with Crippen molar-refractivity contribution in [3.63, 3.8) is 0 Å². The molecule has 0 bridgehead atoms. The van der Waals surface area contributed by atoms with Gasteiger partial charge in [0.1, 0.15) is 5.69 Å². The van der Waals surface area contributed by atoms with E-state index in [1.807, 2.05) is 0 Å². The summed E-state index contributed by atoms with van der Waals surface area (Å²) in [7, 11) is 6.04. The quantitative estimate of drug-likeness (QED) is 0.884. The zero-order valence-corrected chi connectivity index (χ0v) is 13.2. The Balaban J connectivity index is 1.69. The van der Waals surface area contributed by atoms with Gasteiger partial charge in [0, 0.05) is 30.2 Å². The predicted octanol–water partition coefficient (Wildman–Crippen LogP) is 1.98. The van der Waals surface area contributed by atoms with Crippen LogP contribution < -0.4 is 10.1 Å². The molecule has 1 N–H and O–H groups in total. The number of hydrogen-bond donors (Lipinski definition) is 1. The van der Waals surface area contributed by atoms with Crippen molar-refractivity contribution < 1.29 is 4.74 Å². The number of fused-ring (bicyclic) bond motifs is 1. The van der Waals surface area contributed by atoms with Crippen molar-refractivity contribution in [3.05, 3.63) is 17.3 Å². The molecule has 0 aliphatic heterocycles. The number of thiazole rings is 1. The van der Waals surface area contributed by atoms with Crippen LogP contribution in [0.3, 0.4) is 0 Å². The molecule has 1 saturated carbocycles. The van der Waals surface area contributed by atoms with Crippen molar-refractivity contribution in [1.82, 2.24) is 19.6 Å². The Morgan fingerprint density at radius 3 is 2.90 bits per heavy atom. The standard InChI is InChI=1S/C14H22N4OS/c1-17(2)14(5-4-6-14)10-15-9-11-12(19-3)16-13-18(11)7-8-20-13/h7-8,15H,4-6,9-10H2,1-3H3. The van der Waals surface area contributed by atoms with Crippen LogP contribution in [0.2, 0.25) is 0 Å². The third-order valence-corrected chi connectivity index (χ3v) is 5.25. The first-order valence-electron chi connectivity index (χ1n) is 7.03. The van der Waals surface area contributed by atoms with E-state index in [4.69, 9.17) is 4.74 Å². The largest absolute Gasteiger partial charge is 0.480 e. The molecule has 0 atom stereocenters. The second-order valence-electron chi connectivity index (χ2n) is 5.70. The molecule has 3 rings (SSSR count). The van der Waals surface area contributed by atoms with E-state index in [2.05, 4.69) is 45.3 Å². The number of hydrogen-bond acceptors (Lipinski definition) is 5. The van der Waals surface area contributed by atoms with E-state index in [9.17, 15) is 0 Å². The molecule has 0 spiro atoms. The Kier molecular flexibility index (Phi) is 3.70. The molecule has 1 aliphatic rings. The minimum Gasteiger partial charge on any atom is -0.480 e. The van der Waals surface area contributed by atoms with E-state index in [1.54, 1.807) is 18.4 Å². The van der Waals surface area contributed by atoms with Crippen LogP contribution in [0, 0.1) is 0 Å². The fraction of sp³-hybridized carbons (Fsp3) is 0.643. The van der Waals surface area contributed by atoms with Crippen molar-refractivity contribution in [2.45, 2.75) is 31.3 Å². The summed E-state index contributed by atoms with van der Waals surface area (Å²) in [5.74, 6) is 0.733. The first kappa shape index (κ1) is 13.9. The van der Waals surface area contributed by atoms with Gasteiger partial charge >= 0.3 is 0 Å². The smallest absolute Gasteiger partial charge is 0.237 e. The van der Waals surface area contributed by atoms with Gasteiger partial charge in [-0.05, 0) is 33.4 Å². The monoisotopic (exact) mass is 294 g/mol. The van der Waals surface area contributed by atoms with E-state index < -0.39 is 0 Å². The minimum absolute atomic E-state index is 0.339. The molecule has 0 radical (unpaired) electrons. The number of aromatic nitrogens is 2. The summed E-state index contributed by atoms with van der Waals surface area (Å²) in [5.41, 5.74) is 1.45. The van der Waals surface area contributed by atoms with Gasteiger partial charge in [-0.25, -0.2) is 0 Å². The molecule has 2 aromatic rings. The van der Waals surface area contributed by atoms with E-state index in [-0.39, 0.29) is 0 Å². The molecule has 1 fully saturated rings. The number of methoxy groups -OCH3 is 1. The average molecular weight is 294 g/mol. The topological polar surface area (TPSA) is 41.8 Å². The van der Waals surface area contributed by atoms with Crippen molar-refractivity contribution in [1.29, 1.82) is 0 Å². The predicted molar refractivity (Wildman–Crippen MR) is 81.6 cm³/mol. The van der Waals surface area contributed by atoms with E-state index in [1.165, 1.54) is 19.3 Å². The molecular formula is C14H22N4OS. The summed E-state index contributed by atoms with van der Waals surface area (Å²) in [4.78, 5) is 7.83. The van der Waals surface area contributed by atoms with Crippen LogP contribution in [0.4, 0.5) is 0 Å². The van der Waals surface area contributed by atoms with Gasteiger partial charge in [0.15, 0.2) is 4.96 Å². The van der Waals surface area contributed by atoms with Gasteiger partial charge in [-0.3, -0.25) is 4.40 Å². The third-order valence-electron chi connectivity index (χ3n) is 4.50. The summed E-state index contributed by atoms with van der Waals surface area (Å²) >= 11 is 1.63. The SMILES string of the molecule is COc1nc2sccn2c1CNCC1(N(C)C)CCC1. The summed E-state index contributed by atoms with van der Waals surface area (Å²) < 4.78 is 7.49. The van der Waals surface area contributed by atoms with Crippen LogP contribution in [-0.4, -0.2) is 47.6 Å². The maximum absolute atomic E-state index is 5.38. The van der Waals surface area contributed by atoms with Crippen molar-refractivity contribution in [2.75, 3.05) is 27.7 Å². The Hall–Kier alpha value is -1.11. The number of imidazole rings is 1. The second-order valence-corrected chi connectivity index (χ2v) is 6.57. The molecule has 6 heteroatoms. The number of likely N-dealkylation sites (N-methyl/N-ethyl adjacent to an activating group) is 1. The summed E-state index contributed by atoms with van der Waals surface area (Å²) in [6.45, 7) is 1.80. The Labute approximate surface area is 123 Å². The first-order valence-corrected chi connectivity index (χ1v) is 7.91. The molecular weight excluding hydrogens is 272 g/mol. The average Bonchev–Trinajstić information content (AvgIpc) is 2.93. The third kappa shape index (κ3) is 2.21. The van der Waals surface area contributed by atoms with Crippen molar-refractivity contribution >= 4 is 16.3 Å². The highest BCUT2D eigenvalue weighted by Gasteiger charge is 2.38. The lowest BCUT2D eigenvalue weighted by atomic mass is 9.75. The van der Waals surface area contributed by atoms with Gasteiger partial charge in [-0.15, -0.1) is 11.3 Å². The van der Waals surface area contributed by atoms with Gasteiger partial charge in [0.05, 0.1) is 7.11 Å². The van der Waals surface area contributed by atoms with Crippen LogP contribution in [0.5, 0.6) is 5.88 Å². The van der Waals surface area contributed by atoms with Crippen molar-refractivity contribution in [2.24, 2.45) is 0 Å². The Morgan fingerprint density at radius 1 is 1.50 bits per heavy atom. The summed E-state index contributed by atoms with van der Waals surface area (Å²) in [6, 6.07) is 0. The molecule has 0 aromatic carbocycles. The van der Waals surface area contributed by atoms with E-state index >= 15 is 0 Å². The van der Waals surface area contributed by atoms with Crippen LogP contribution in [-0.2, 0) is 6.54 Å². The van der Waals surface area contributed by atoms with Crippen molar-refractivity contribution in [3.8, 4) is 5.88 Å². The van der Waals surface area contributed by atoms with Crippen LogP contribution in [0.1, 0.15) is 25.0 Å². The Morgan fingerprint density at radius 2 is 2.30 bits per heavy atom. The molecule has 2 heterocycles. The molecule has 0 saturated heterocycles. The highest BCUT2D eigenvalue weighted by Crippen LogP contribution is 2.35. The summed E-state index contributed by atoms with van der Waals surface area (Å²) in [5, 5.41) is 5.64. The lowest BCUT2D eigenvalue weighted by Gasteiger charge is -2.47. The van der Waals surface area contributed by atoms with Crippen LogP contribution >= 0.6 is 11.3 Å². The fourth-order valence-corrected chi connectivity index (χ4v) is 3.64. The molecule has 0 unspecified atom stereocenters. The second kappa shape index (κ2) is 5.35. The molecule has 5 nitrogen and oxygen atoms in total. The fourth-order valence-electron chi connectivity index (χ4n) is 2.92. The van der Waals surface area contributed by atoms with E-state index in [0.29, 0.717) is 5.54 Å². The van der Waals surface area contributed by atoms with E-state index in [0.717, 1.165) is 29.6 Å². The zero-order chi connectivity index (χ0) is 14.2. The molecule has 2 aromatic heterocycles. The highest BCUT2D eigenvalue weighted by atomic mass is 32.1. The number of ether oxygens (including phenoxy) is 1. The lowest BCUT2D eigenvalue weighted by molar-refractivity contribution is 0.0596. The van der Waals surface area contributed by atoms with Gasteiger partial charge in [0.25, 0.3) is 0 Å². The maximum Gasteiger partial charge on any atom is 0.237 e. The first-order chi connectivity index (χ1) is 9.66. The maximum atomic E-state index is 5.38. The van der Waals surface area contributed by atoms with Gasteiger partial charge in [0.2, 0.25) is 5.88 Å². The van der Waals surface area contributed by atoms with Crippen LogP contribution in [0.15, 0.2) is 11.6 Å². The molecule has 20 heavy (non-hydrogen) atoms. The lowest BCUT2D eigenvalue weighted by Crippen LogP contribution is -2.56. The number of nitrogens with zero attached hydrogens (tertiary/aromatic N) is 3. The zero-order valence-electron chi connectivity index (χ0n) is 12.3. The molecule has 0 amide bonds. The van der Waals surface area contributed by atoms with Gasteiger partial charge in [-0.1, -0.05) is 0 Å². The normalized spacial score (nSPS) is 17.6. The molecule has 1 aliphatic carbocycles. The van der Waals surface area contributed by atoms with Gasteiger partial charge in [-0.2, -0.15) is 4.98 Å². The van der Waals surface area contributed by atoms with Gasteiger partial charge < -0.3 is 15.0 Å². The molecule has 110 valence electrons. The Bertz CT molecular complexity index is 585. The number of nitrogens with one attached hydrogen (secondary N) is 1. The highest BCUT2D eigenvalue weighted by molar-refractivity contribution is 7.15. The summed E-state index contributed by atoms with van der Waals surface area (Å²) in [6.07, 6.45) is 5.96. The minimum atomic E-state index is 0.339. The number of rotatable bonds is 6. The van der Waals surface area contributed by atoms with Crippen LogP contribution in [0.25, 0.3) is 4.96 Å².